The van der Waals surface area contributed by atoms with Gasteiger partial charge in [-0.05, 0) is 45.4 Å². The van der Waals surface area contributed by atoms with Gasteiger partial charge in [0.05, 0.1) is 11.4 Å². The van der Waals surface area contributed by atoms with Crippen molar-refractivity contribution in [2.75, 3.05) is 23.4 Å². The first kappa shape index (κ1) is 19.2. The van der Waals surface area contributed by atoms with Crippen molar-refractivity contribution in [3.8, 4) is 5.75 Å². The zero-order valence-electron chi connectivity index (χ0n) is 13.9. The zero-order chi connectivity index (χ0) is 17.5. The molecule has 3 N–H and O–H groups in total. The molecule has 0 unspecified atom stereocenters. The van der Waals surface area contributed by atoms with Crippen molar-refractivity contribution in [2.24, 2.45) is 0 Å². The molecule has 6 nitrogen and oxygen atoms in total. The SMILES string of the molecule is Cc1ccc(NC(=O)CSCCNC(=O)OC(C)(C)C)c(O)c1. The number of aromatic hydroxyl groups is 1. The Bertz CT molecular complexity index is 556. The van der Waals surface area contributed by atoms with Crippen molar-refractivity contribution in [3.63, 3.8) is 0 Å². The van der Waals surface area contributed by atoms with E-state index in [4.69, 9.17) is 4.74 Å². The highest BCUT2D eigenvalue weighted by Gasteiger charge is 2.15. The summed E-state index contributed by atoms with van der Waals surface area (Å²) in [5.41, 5.74) is 0.795. The van der Waals surface area contributed by atoms with Gasteiger partial charge in [0.2, 0.25) is 5.91 Å². The van der Waals surface area contributed by atoms with Crippen LogP contribution in [0.4, 0.5) is 10.5 Å². The quantitative estimate of drug-likeness (QED) is 0.547. The van der Waals surface area contributed by atoms with E-state index < -0.39 is 11.7 Å². The van der Waals surface area contributed by atoms with Crippen LogP contribution in [0.3, 0.4) is 0 Å². The molecular weight excluding hydrogens is 316 g/mol. The third kappa shape index (κ3) is 8.35. The first-order valence-corrected chi connectivity index (χ1v) is 8.47. The van der Waals surface area contributed by atoms with Crippen LogP contribution in [-0.2, 0) is 9.53 Å². The monoisotopic (exact) mass is 340 g/mol. The lowest BCUT2D eigenvalue weighted by Crippen LogP contribution is -2.33. The average Bonchev–Trinajstić information content (AvgIpc) is 2.39. The van der Waals surface area contributed by atoms with E-state index in [0.717, 1.165) is 5.56 Å². The molecule has 1 aromatic rings. The summed E-state index contributed by atoms with van der Waals surface area (Å²) in [5, 5.41) is 15.0. The number of anilines is 1. The molecule has 0 aliphatic rings. The minimum Gasteiger partial charge on any atom is -0.506 e. The van der Waals surface area contributed by atoms with Gasteiger partial charge in [0.15, 0.2) is 0 Å². The Hall–Kier alpha value is -1.89. The number of amides is 2. The van der Waals surface area contributed by atoms with Crippen LogP contribution in [0.15, 0.2) is 18.2 Å². The molecule has 128 valence electrons. The predicted molar refractivity (Wildman–Crippen MR) is 93.0 cm³/mol. The number of nitrogens with one attached hydrogen (secondary N) is 2. The first-order chi connectivity index (χ1) is 10.7. The van der Waals surface area contributed by atoms with Gasteiger partial charge in [-0.25, -0.2) is 4.79 Å². The molecule has 0 spiro atoms. The van der Waals surface area contributed by atoms with E-state index in [0.29, 0.717) is 18.0 Å². The largest absolute Gasteiger partial charge is 0.506 e. The Morgan fingerprint density at radius 3 is 2.61 bits per heavy atom. The fraction of sp³-hybridized carbons (Fsp3) is 0.500. The van der Waals surface area contributed by atoms with Crippen molar-refractivity contribution >= 4 is 29.4 Å². The van der Waals surface area contributed by atoms with Crippen LogP contribution in [-0.4, -0.2) is 40.8 Å². The lowest BCUT2D eigenvalue weighted by molar-refractivity contribution is -0.113. The number of hydrogen-bond donors (Lipinski definition) is 3. The average molecular weight is 340 g/mol. The van der Waals surface area contributed by atoms with E-state index in [1.165, 1.54) is 11.8 Å². The second-order valence-electron chi connectivity index (χ2n) is 6.05. The van der Waals surface area contributed by atoms with Crippen LogP contribution < -0.4 is 10.6 Å². The van der Waals surface area contributed by atoms with Crippen molar-refractivity contribution in [1.29, 1.82) is 0 Å². The summed E-state index contributed by atoms with van der Waals surface area (Å²) in [5.74, 6) is 0.678. The van der Waals surface area contributed by atoms with Gasteiger partial charge in [0.1, 0.15) is 11.4 Å². The summed E-state index contributed by atoms with van der Waals surface area (Å²) in [6, 6.07) is 5.07. The van der Waals surface area contributed by atoms with E-state index in [1.807, 2.05) is 13.0 Å². The number of carbonyl (C=O) groups is 2. The van der Waals surface area contributed by atoms with E-state index >= 15 is 0 Å². The number of alkyl carbamates (subject to hydrolysis) is 1. The molecule has 23 heavy (non-hydrogen) atoms. The molecule has 0 saturated heterocycles. The summed E-state index contributed by atoms with van der Waals surface area (Å²) in [7, 11) is 0. The third-order valence-electron chi connectivity index (χ3n) is 2.58. The summed E-state index contributed by atoms with van der Waals surface area (Å²) in [6.07, 6.45) is -0.466. The van der Waals surface area contributed by atoms with Crippen LogP contribution in [0.25, 0.3) is 0 Å². The molecule has 0 heterocycles. The van der Waals surface area contributed by atoms with Crippen LogP contribution in [0.5, 0.6) is 5.75 Å². The Morgan fingerprint density at radius 1 is 1.30 bits per heavy atom. The lowest BCUT2D eigenvalue weighted by Gasteiger charge is -2.19. The third-order valence-corrected chi connectivity index (χ3v) is 3.53. The molecule has 0 aliphatic carbocycles. The fourth-order valence-corrected chi connectivity index (χ4v) is 2.29. The number of hydrogen-bond acceptors (Lipinski definition) is 5. The van der Waals surface area contributed by atoms with E-state index in [-0.39, 0.29) is 17.4 Å². The van der Waals surface area contributed by atoms with Gasteiger partial charge in [-0.1, -0.05) is 6.07 Å². The summed E-state index contributed by atoms with van der Waals surface area (Å²) in [6.45, 7) is 7.67. The fourth-order valence-electron chi connectivity index (χ4n) is 1.64. The minimum absolute atomic E-state index is 0.0509. The second kappa shape index (κ2) is 8.67. The Morgan fingerprint density at radius 2 is 2.00 bits per heavy atom. The second-order valence-corrected chi connectivity index (χ2v) is 7.16. The molecule has 1 aromatic carbocycles. The van der Waals surface area contributed by atoms with Crippen molar-refractivity contribution in [1.82, 2.24) is 5.32 Å². The number of phenolic OH excluding ortho intramolecular Hbond substituents is 1. The number of thioether (sulfide) groups is 1. The molecule has 7 heteroatoms. The summed E-state index contributed by atoms with van der Waals surface area (Å²) in [4.78, 5) is 23.2. The van der Waals surface area contributed by atoms with E-state index in [1.54, 1.807) is 32.9 Å². The molecular formula is C16H24N2O4S. The maximum atomic E-state index is 11.8. The van der Waals surface area contributed by atoms with Gasteiger partial charge < -0.3 is 20.5 Å². The van der Waals surface area contributed by atoms with Gasteiger partial charge >= 0.3 is 6.09 Å². The number of aryl methyl sites for hydroxylation is 1. The highest BCUT2D eigenvalue weighted by atomic mass is 32.2. The molecule has 0 saturated carbocycles. The number of phenols is 1. The Kier molecular flexibility index (Phi) is 7.22. The van der Waals surface area contributed by atoms with Crippen LogP contribution in [0, 0.1) is 6.92 Å². The van der Waals surface area contributed by atoms with E-state index in [2.05, 4.69) is 10.6 Å². The number of rotatable bonds is 6. The topological polar surface area (TPSA) is 87.7 Å². The first-order valence-electron chi connectivity index (χ1n) is 7.31. The number of benzene rings is 1. The normalized spacial score (nSPS) is 11.0. The molecule has 0 fully saturated rings. The van der Waals surface area contributed by atoms with Gasteiger partial charge in [-0.15, -0.1) is 0 Å². The van der Waals surface area contributed by atoms with E-state index in [9.17, 15) is 14.7 Å². The van der Waals surface area contributed by atoms with Crippen LogP contribution >= 0.6 is 11.8 Å². The molecule has 1 rings (SSSR count). The highest BCUT2D eigenvalue weighted by Crippen LogP contribution is 2.23. The molecule has 0 bridgehead atoms. The van der Waals surface area contributed by atoms with Crippen LogP contribution in [0.1, 0.15) is 26.3 Å². The smallest absolute Gasteiger partial charge is 0.407 e. The zero-order valence-corrected chi connectivity index (χ0v) is 14.8. The van der Waals surface area contributed by atoms with Crippen LogP contribution in [0.2, 0.25) is 0 Å². The molecule has 0 atom stereocenters. The number of carbonyl (C=O) groups excluding carboxylic acids is 2. The standard InChI is InChI=1S/C16H24N2O4S/c1-11-5-6-12(13(19)9-11)18-14(20)10-23-8-7-17-15(21)22-16(2,3)4/h5-6,9,19H,7-8,10H2,1-4H3,(H,17,21)(H,18,20). The Labute approximate surface area is 141 Å². The van der Waals surface area contributed by atoms with Gasteiger partial charge in [-0.2, -0.15) is 11.8 Å². The highest BCUT2D eigenvalue weighted by molar-refractivity contribution is 7.99. The maximum Gasteiger partial charge on any atom is 0.407 e. The van der Waals surface area contributed by atoms with Crippen molar-refractivity contribution < 1.29 is 19.4 Å². The molecule has 2 amide bonds. The molecule has 0 radical (unpaired) electrons. The lowest BCUT2D eigenvalue weighted by atomic mass is 10.2. The van der Waals surface area contributed by atoms with Crippen molar-refractivity contribution in [2.45, 2.75) is 33.3 Å². The summed E-state index contributed by atoms with van der Waals surface area (Å²) >= 11 is 1.39. The van der Waals surface area contributed by atoms with Gasteiger partial charge in [0, 0.05) is 12.3 Å². The van der Waals surface area contributed by atoms with Gasteiger partial charge in [0.25, 0.3) is 0 Å². The summed E-state index contributed by atoms with van der Waals surface area (Å²) < 4.78 is 5.10. The minimum atomic E-state index is -0.521. The maximum absolute atomic E-state index is 11.8. The Balaban J connectivity index is 2.21. The van der Waals surface area contributed by atoms with Crippen molar-refractivity contribution in [3.05, 3.63) is 23.8 Å². The molecule has 0 aliphatic heterocycles. The van der Waals surface area contributed by atoms with Gasteiger partial charge in [-0.3, -0.25) is 4.79 Å². The number of ether oxygens (including phenoxy) is 1. The molecule has 0 aromatic heterocycles. The predicted octanol–water partition coefficient (Wildman–Crippen LogP) is 2.90.